The zero-order chi connectivity index (χ0) is 29.2. The van der Waals surface area contributed by atoms with Crippen LogP contribution < -0.4 is 15.0 Å². The van der Waals surface area contributed by atoms with Crippen LogP contribution in [-0.4, -0.2) is 63.0 Å². The molecule has 1 fully saturated rings. The van der Waals surface area contributed by atoms with Gasteiger partial charge in [0.05, 0.1) is 57.5 Å². The van der Waals surface area contributed by atoms with Crippen LogP contribution in [0.1, 0.15) is 35.8 Å². The minimum atomic E-state index is -2.14. The number of aromatic nitrogens is 3. The molecule has 218 valence electrons. The third-order valence-electron chi connectivity index (χ3n) is 7.24. The maximum Gasteiger partial charge on any atom is 0.251 e. The molecule has 0 spiro atoms. The van der Waals surface area contributed by atoms with Crippen LogP contribution >= 0.6 is 0 Å². The Bertz CT molecular complexity index is 1670. The normalized spacial score (nSPS) is 20.2. The van der Waals surface area contributed by atoms with Crippen molar-refractivity contribution in [1.29, 1.82) is 0 Å². The van der Waals surface area contributed by atoms with E-state index >= 15 is 0 Å². The van der Waals surface area contributed by atoms with Crippen molar-refractivity contribution in [1.82, 2.24) is 20.3 Å². The molecule has 9 nitrogen and oxygen atoms in total. The smallest absolute Gasteiger partial charge is 0.251 e. The average molecular weight is 594 g/mol. The number of fused-ring (bicyclic) bond motifs is 2. The van der Waals surface area contributed by atoms with Gasteiger partial charge < -0.3 is 19.7 Å². The number of rotatable bonds is 7. The van der Waals surface area contributed by atoms with Crippen LogP contribution in [0.15, 0.2) is 59.6 Å². The summed E-state index contributed by atoms with van der Waals surface area (Å²) in [4.78, 5) is 29.0. The van der Waals surface area contributed by atoms with Gasteiger partial charge in [0.25, 0.3) is 5.91 Å². The largest absolute Gasteiger partial charge is 0.489 e. The van der Waals surface area contributed by atoms with Crippen LogP contribution in [0, 0.1) is 5.82 Å². The fourth-order valence-corrected chi connectivity index (χ4v) is 6.28. The molecule has 3 aromatic heterocycles. The molecule has 0 aliphatic carbocycles. The predicted molar refractivity (Wildman–Crippen MR) is 154 cm³/mol. The number of amides is 1. The first-order valence-corrected chi connectivity index (χ1v) is 15.0. The summed E-state index contributed by atoms with van der Waals surface area (Å²) in [5, 5.41) is 3.52. The maximum absolute atomic E-state index is 14.7. The number of ether oxygens (including phenoxy) is 2. The van der Waals surface area contributed by atoms with E-state index in [0.717, 1.165) is 42.5 Å². The number of anilines is 1. The Balaban J connectivity index is 1.18. The van der Waals surface area contributed by atoms with Crippen molar-refractivity contribution in [2.24, 2.45) is 0 Å². The lowest BCUT2D eigenvalue weighted by Crippen LogP contribution is -2.24. The number of benzene rings is 1. The molecule has 1 N–H and O–H groups in total. The summed E-state index contributed by atoms with van der Waals surface area (Å²) >= 11 is 0. The van der Waals surface area contributed by atoms with Gasteiger partial charge in [-0.15, -0.1) is 0 Å². The van der Waals surface area contributed by atoms with Crippen molar-refractivity contribution >= 4 is 33.4 Å². The lowest BCUT2D eigenvalue weighted by Gasteiger charge is -2.18. The fraction of sp³-hybridized carbons (Fsp3) is 0.333. The highest BCUT2D eigenvalue weighted by Gasteiger charge is 2.29. The highest BCUT2D eigenvalue weighted by Crippen LogP contribution is 2.33. The molecule has 0 saturated carbocycles. The molecule has 6 rings (SSSR count). The SMILES string of the molecule is CCOC1CCN(c2cccc(-c3ccc4cnc(CNC(=O)c5cc(F)c6c(c5)S(=O)C(F)CCO6)cc4n3)n2)C1. The van der Waals surface area contributed by atoms with E-state index in [0.29, 0.717) is 23.5 Å². The Morgan fingerprint density at radius 3 is 2.88 bits per heavy atom. The molecule has 3 unspecified atom stereocenters. The summed E-state index contributed by atoms with van der Waals surface area (Å²) in [7, 11) is -2.14. The van der Waals surface area contributed by atoms with Gasteiger partial charge in [-0.3, -0.25) is 14.0 Å². The standard InChI is InChI=1S/C30H29F2N5O4S/c1-2-40-21-8-10-37(17-21)28-5-3-4-23(36-28)24-7-6-18-15-33-20(14-25(18)35-24)16-34-30(38)19-12-22(31)29-26(13-19)42(39)27(32)9-11-41-29/h3-7,12-15,21,27H,2,8-11,16-17H2,1H3,(H,34,38). The highest BCUT2D eigenvalue weighted by molar-refractivity contribution is 7.85. The number of carbonyl (C=O) groups excluding carboxylic acids is 1. The zero-order valence-corrected chi connectivity index (χ0v) is 23.7. The molecule has 42 heavy (non-hydrogen) atoms. The van der Waals surface area contributed by atoms with E-state index in [1.165, 1.54) is 6.07 Å². The summed E-state index contributed by atoms with van der Waals surface area (Å²) < 4.78 is 52.2. The van der Waals surface area contributed by atoms with Gasteiger partial charge >= 0.3 is 0 Å². The van der Waals surface area contributed by atoms with E-state index < -0.39 is 28.0 Å². The molecule has 1 aromatic carbocycles. The number of nitrogens with one attached hydrogen (secondary N) is 1. The van der Waals surface area contributed by atoms with Crippen molar-refractivity contribution in [3.63, 3.8) is 0 Å². The van der Waals surface area contributed by atoms with Crippen molar-refractivity contribution in [2.45, 2.75) is 42.8 Å². The van der Waals surface area contributed by atoms with Crippen molar-refractivity contribution in [2.75, 3.05) is 31.2 Å². The summed E-state index contributed by atoms with van der Waals surface area (Å²) in [5.74, 6) is -0.886. The molecule has 2 aliphatic rings. The van der Waals surface area contributed by atoms with Gasteiger partial charge in [-0.2, -0.15) is 0 Å². The Labute approximate surface area is 243 Å². The third-order valence-corrected chi connectivity index (χ3v) is 8.68. The van der Waals surface area contributed by atoms with Crippen LogP contribution in [0.3, 0.4) is 0 Å². The molecule has 5 heterocycles. The number of alkyl halides is 1. The van der Waals surface area contributed by atoms with Crippen LogP contribution in [0.25, 0.3) is 22.3 Å². The molecule has 4 aromatic rings. The summed E-state index contributed by atoms with van der Waals surface area (Å²) in [6, 6.07) is 13.7. The Morgan fingerprint density at radius 1 is 1.17 bits per heavy atom. The Hall–Kier alpha value is -4.03. The van der Waals surface area contributed by atoms with Crippen molar-refractivity contribution in [3.05, 3.63) is 71.8 Å². The van der Waals surface area contributed by atoms with Gasteiger partial charge in [-0.1, -0.05) is 6.07 Å². The molecule has 0 bridgehead atoms. The zero-order valence-electron chi connectivity index (χ0n) is 22.9. The Kier molecular flexibility index (Phi) is 8.07. The molecule has 1 saturated heterocycles. The number of pyridine rings is 3. The predicted octanol–water partition coefficient (Wildman–Crippen LogP) is 4.56. The number of carbonyl (C=O) groups is 1. The number of halogens is 2. The van der Waals surface area contributed by atoms with Gasteiger partial charge in [-0.05, 0) is 55.8 Å². The van der Waals surface area contributed by atoms with E-state index in [1.54, 1.807) is 12.3 Å². The summed E-state index contributed by atoms with van der Waals surface area (Å²) in [6.45, 7) is 4.32. The molecule has 3 atom stereocenters. The van der Waals surface area contributed by atoms with Crippen molar-refractivity contribution in [3.8, 4) is 17.1 Å². The first-order valence-electron chi connectivity index (χ1n) is 13.8. The quantitative estimate of drug-likeness (QED) is 0.333. The number of nitrogens with zero attached hydrogens (tertiary/aromatic N) is 4. The fourth-order valence-electron chi connectivity index (χ4n) is 5.11. The van der Waals surface area contributed by atoms with E-state index in [9.17, 15) is 17.8 Å². The molecular formula is C30H29F2N5O4S. The summed E-state index contributed by atoms with van der Waals surface area (Å²) in [6.07, 6.45) is 2.72. The van der Waals surface area contributed by atoms with E-state index in [4.69, 9.17) is 19.4 Å². The number of hydrogen-bond acceptors (Lipinski definition) is 8. The van der Waals surface area contributed by atoms with E-state index in [1.807, 2.05) is 37.3 Å². The second kappa shape index (κ2) is 12.1. The minimum absolute atomic E-state index is 0.0361. The van der Waals surface area contributed by atoms with Crippen LogP contribution in [0.2, 0.25) is 0 Å². The summed E-state index contributed by atoms with van der Waals surface area (Å²) in [5.41, 5.74) is 0.862. The van der Waals surface area contributed by atoms with Gasteiger partial charge in [0, 0.05) is 43.3 Å². The third kappa shape index (κ3) is 5.82. The van der Waals surface area contributed by atoms with Gasteiger partial charge in [0.2, 0.25) is 0 Å². The second-order valence-corrected chi connectivity index (χ2v) is 11.6. The number of hydrogen-bond donors (Lipinski definition) is 1. The minimum Gasteiger partial charge on any atom is -0.489 e. The van der Waals surface area contributed by atoms with Crippen LogP contribution in [0.4, 0.5) is 14.6 Å². The lowest BCUT2D eigenvalue weighted by atomic mass is 10.1. The molecule has 2 aliphatic heterocycles. The van der Waals surface area contributed by atoms with Gasteiger partial charge in [0.15, 0.2) is 17.1 Å². The van der Waals surface area contributed by atoms with Gasteiger partial charge in [0.1, 0.15) is 5.82 Å². The highest BCUT2D eigenvalue weighted by atomic mass is 32.2. The van der Waals surface area contributed by atoms with Gasteiger partial charge in [-0.25, -0.2) is 18.7 Å². The first-order chi connectivity index (χ1) is 20.4. The molecule has 1 amide bonds. The molecule has 0 radical (unpaired) electrons. The first kappa shape index (κ1) is 28.1. The van der Waals surface area contributed by atoms with Crippen LogP contribution in [0.5, 0.6) is 5.75 Å². The monoisotopic (exact) mass is 593 g/mol. The Morgan fingerprint density at radius 2 is 2.02 bits per heavy atom. The topological polar surface area (TPSA) is 107 Å². The maximum atomic E-state index is 14.7. The molecule has 12 heteroatoms. The van der Waals surface area contributed by atoms with Crippen LogP contribution in [-0.2, 0) is 22.1 Å². The van der Waals surface area contributed by atoms with Crippen molar-refractivity contribution < 1.29 is 27.3 Å². The average Bonchev–Trinajstić information content (AvgIpc) is 3.43. The molecular weight excluding hydrogens is 564 g/mol. The van der Waals surface area contributed by atoms with E-state index in [2.05, 4.69) is 15.2 Å². The second-order valence-electron chi connectivity index (χ2n) is 10.1. The van der Waals surface area contributed by atoms with E-state index in [-0.39, 0.29) is 41.9 Å². The lowest BCUT2D eigenvalue weighted by molar-refractivity contribution is 0.0787.